The monoisotopic (exact) mass is 326 g/mol. The minimum atomic E-state index is -0.405. The molecule has 6 nitrogen and oxygen atoms in total. The predicted molar refractivity (Wildman–Crippen MR) is 87.3 cm³/mol. The van der Waals surface area contributed by atoms with E-state index < -0.39 is 5.82 Å². The van der Waals surface area contributed by atoms with E-state index in [0.717, 1.165) is 5.82 Å². The van der Waals surface area contributed by atoms with Crippen LogP contribution in [0.2, 0.25) is 0 Å². The molecule has 0 radical (unpaired) electrons. The van der Waals surface area contributed by atoms with Crippen molar-refractivity contribution in [1.82, 2.24) is 4.98 Å². The van der Waals surface area contributed by atoms with E-state index in [2.05, 4.69) is 20.4 Å². The molecule has 0 aliphatic carbocycles. The number of aromatic nitrogens is 1. The van der Waals surface area contributed by atoms with Gasteiger partial charge in [-0.15, -0.1) is 0 Å². The summed E-state index contributed by atoms with van der Waals surface area (Å²) in [6.07, 6.45) is 1.57. The highest BCUT2D eigenvalue weighted by molar-refractivity contribution is 6.44. The van der Waals surface area contributed by atoms with Crippen LogP contribution < -0.4 is 10.2 Å². The Kier molecular flexibility index (Phi) is 3.60. The van der Waals surface area contributed by atoms with E-state index >= 15 is 0 Å². The molecule has 1 aromatic carbocycles. The van der Waals surface area contributed by atoms with Crippen molar-refractivity contribution >= 4 is 23.1 Å². The second-order valence-corrected chi connectivity index (χ2v) is 5.78. The van der Waals surface area contributed by atoms with Crippen molar-refractivity contribution in [3.63, 3.8) is 0 Å². The Balaban J connectivity index is 1.47. The standard InChI is InChI=1S/C17H15FN4O2/c18-11-4-3-5-12(8-11)20-17(23)16-13-9-22(10-14(13)24-21-16)15-6-1-2-7-19-15/h1-8,13-14H,9-10H2,(H,20,23)/t13-,14+/m0/s1. The number of carbonyl (C=O) groups excluding carboxylic acids is 1. The van der Waals surface area contributed by atoms with Crippen molar-refractivity contribution in [2.75, 3.05) is 23.3 Å². The Morgan fingerprint density at radius 3 is 2.96 bits per heavy atom. The third-order valence-corrected chi connectivity index (χ3v) is 4.19. The molecule has 3 heterocycles. The Bertz CT molecular complexity index is 796. The Morgan fingerprint density at radius 2 is 2.17 bits per heavy atom. The van der Waals surface area contributed by atoms with E-state index in [1.54, 1.807) is 18.3 Å². The first kappa shape index (κ1) is 14.6. The number of carbonyl (C=O) groups is 1. The number of pyridine rings is 1. The van der Waals surface area contributed by atoms with Crippen molar-refractivity contribution in [2.45, 2.75) is 6.10 Å². The van der Waals surface area contributed by atoms with Crippen LogP contribution in [0, 0.1) is 11.7 Å². The van der Waals surface area contributed by atoms with Crippen LogP contribution in [0.25, 0.3) is 0 Å². The van der Waals surface area contributed by atoms with Gasteiger partial charge in [-0.2, -0.15) is 0 Å². The third kappa shape index (κ3) is 2.68. The molecule has 1 amide bonds. The van der Waals surface area contributed by atoms with E-state index in [9.17, 15) is 9.18 Å². The second kappa shape index (κ2) is 5.92. The number of rotatable bonds is 3. The molecular formula is C17H15FN4O2. The molecule has 2 atom stereocenters. The molecule has 2 aromatic rings. The number of fused-ring (bicyclic) bond motifs is 1. The quantitative estimate of drug-likeness (QED) is 0.937. The highest BCUT2D eigenvalue weighted by atomic mass is 19.1. The van der Waals surface area contributed by atoms with Gasteiger partial charge in [0, 0.05) is 18.4 Å². The van der Waals surface area contributed by atoms with Crippen LogP contribution in [-0.2, 0) is 9.63 Å². The molecule has 2 aliphatic heterocycles. The number of hydrogen-bond acceptors (Lipinski definition) is 5. The van der Waals surface area contributed by atoms with Gasteiger partial charge >= 0.3 is 0 Å². The van der Waals surface area contributed by atoms with Crippen LogP contribution >= 0.6 is 0 Å². The largest absolute Gasteiger partial charge is 0.389 e. The van der Waals surface area contributed by atoms with Crippen molar-refractivity contribution in [3.05, 3.63) is 54.5 Å². The lowest BCUT2D eigenvalue weighted by molar-refractivity contribution is -0.110. The molecule has 1 fully saturated rings. The first-order chi connectivity index (χ1) is 11.7. The number of halogens is 1. The Hall–Kier alpha value is -2.96. The number of nitrogens with one attached hydrogen (secondary N) is 1. The fourth-order valence-corrected chi connectivity index (χ4v) is 3.03. The summed E-state index contributed by atoms with van der Waals surface area (Å²) in [7, 11) is 0. The van der Waals surface area contributed by atoms with Crippen molar-refractivity contribution < 1.29 is 14.0 Å². The normalized spacial score (nSPS) is 21.9. The topological polar surface area (TPSA) is 66.8 Å². The van der Waals surface area contributed by atoms with Gasteiger partial charge in [0.05, 0.1) is 12.5 Å². The number of hydrogen-bond donors (Lipinski definition) is 1. The Morgan fingerprint density at radius 1 is 1.25 bits per heavy atom. The average Bonchev–Trinajstić information content (AvgIpc) is 3.16. The number of nitrogens with zero attached hydrogens (tertiary/aromatic N) is 3. The maximum absolute atomic E-state index is 13.2. The molecular weight excluding hydrogens is 311 g/mol. The van der Waals surface area contributed by atoms with E-state index in [1.165, 1.54) is 12.1 Å². The van der Waals surface area contributed by atoms with Gasteiger partial charge in [0.2, 0.25) is 0 Å². The molecule has 0 bridgehead atoms. The van der Waals surface area contributed by atoms with Crippen molar-refractivity contribution in [3.8, 4) is 0 Å². The van der Waals surface area contributed by atoms with Crippen LogP contribution in [-0.4, -0.2) is 35.8 Å². The zero-order valence-electron chi connectivity index (χ0n) is 12.7. The fraction of sp³-hybridized carbons (Fsp3) is 0.235. The van der Waals surface area contributed by atoms with Crippen LogP contribution in [0.3, 0.4) is 0 Å². The molecule has 0 spiro atoms. The van der Waals surface area contributed by atoms with Gasteiger partial charge < -0.3 is 15.1 Å². The first-order valence-electron chi connectivity index (χ1n) is 7.67. The summed E-state index contributed by atoms with van der Waals surface area (Å²) in [5, 5.41) is 6.60. The van der Waals surface area contributed by atoms with Crippen LogP contribution in [0.1, 0.15) is 0 Å². The molecule has 1 N–H and O–H groups in total. The minimum absolute atomic E-state index is 0.124. The predicted octanol–water partition coefficient (Wildman–Crippen LogP) is 2.05. The molecule has 7 heteroatoms. The summed E-state index contributed by atoms with van der Waals surface area (Å²) < 4.78 is 13.2. The lowest BCUT2D eigenvalue weighted by atomic mass is 10.0. The molecule has 4 rings (SSSR count). The van der Waals surface area contributed by atoms with Gasteiger partial charge in [-0.1, -0.05) is 17.3 Å². The van der Waals surface area contributed by atoms with Gasteiger partial charge in [-0.25, -0.2) is 9.37 Å². The summed E-state index contributed by atoms with van der Waals surface area (Å²) in [4.78, 5) is 24.2. The van der Waals surface area contributed by atoms with Gasteiger partial charge in [-0.05, 0) is 30.3 Å². The van der Waals surface area contributed by atoms with Gasteiger partial charge in [0.25, 0.3) is 5.91 Å². The molecule has 1 saturated heterocycles. The summed E-state index contributed by atoms with van der Waals surface area (Å²) in [5.41, 5.74) is 0.730. The SMILES string of the molecule is O=C(Nc1cccc(F)c1)C1=NO[C@@H]2CN(c3ccccn3)C[C@H]12. The third-order valence-electron chi connectivity index (χ3n) is 4.19. The fourth-order valence-electron chi connectivity index (χ4n) is 3.03. The maximum atomic E-state index is 13.2. The highest BCUT2D eigenvalue weighted by Gasteiger charge is 2.45. The van der Waals surface area contributed by atoms with E-state index in [-0.39, 0.29) is 17.9 Å². The lowest BCUT2D eigenvalue weighted by Crippen LogP contribution is -2.32. The van der Waals surface area contributed by atoms with Crippen LogP contribution in [0.4, 0.5) is 15.9 Å². The zero-order valence-corrected chi connectivity index (χ0v) is 12.7. The van der Waals surface area contributed by atoms with E-state index in [0.29, 0.717) is 24.5 Å². The molecule has 24 heavy (non-hydrogen) atoms. The smallest absolute Gasteiger partial charge is 0.273 e. The summed E-state index contributed by atoms with van der Waals surface area (Å²) >= 11 is 0. The van der Waals surface area contributed by atoms with Gasteiger partial charge in [-0.3, -0.25) is 4.79 Å². The highest BCUT2D eigenvalue weighted by Crippen LogP contribution is 2.30. The maximum Gasteiger partial charge on any atom is 0.273 e. The molecule has 0 unspecified atom stereocenters. The molecule has 1 aromatic heterocycles. The molecule has 122 valence electrons. The number of amides is 1. The number of anilines is 2. The van der Waals surface area contributed by atoms with Crippen molar-refractivity contribution in [2.24, 2.45) is 11.1 Å². The number of benzene rings is 1. The van der Waals surface area contributed by atoms with E-state index in [4.69, 9.17) is 4.84 Å². The Labute approximate surface area is 137 Å². The summed E-state index contributed by atoms with van der Waals surface area (Å²) in [6.45, 7) is 1.24. The van der Waals surface area contributed by atoms with Crippen LogP contribution in [0.5, 0.6) is 0 Å². The second-order valence-electron chi connectivity index (χ2n) is 5.78. The summed E-state index contributed by atoms with van der Waals surface area (Å²) in [6, 6.07) is 11.5. The summed E-state index contributed by atoms with van der Waals surface area (Å²) in [5.74, 6) is -0.0468. The minimum Gasteiger partial charge on any atom is -0.389 e. The van der Waals surface area contributed by atoms with Gasteiger partial charge in [0.1, 0.15) is 11.6 Å². The molecule has 2 aliphatic rings. The zero-order chi connectivity index (χ0) is 16.5. The first-order valence-corrected chi connectivity index (χ1v) is 7.67. The van der Waals surface area contributed by atoms with Crippen LogP contribution in [0.15, 0.2) is 53.8 Å². The van der Waals surface area contributed by atoms with E-state index in [1.807, 2.05) is 18.2 Å². The number of oxime groups is 1. The average molecular weight is 326 g/mol. The lowest BCUT2D eigenvalue weighted by Gasteiger charge is -2.17. The van der Waals surface area contributed by atoms with Crippen molar-refractivity contribution in [1.29, 1.82) is 0 Å². The molecule has 0 saturated carbocycles. The van der Waals surface area contributed by atoms with Gasteiger partial charge in [0.15, 0.2) is 11.8 Å².